The normalized spacial score (nSPS) is 17.3. The van der Waals surface area contributed by atoms with Gasteiger partial charge in [0.15, 0.2) is 11.3 Å². The van der Waals surface area contributed by atoms with E-state index in [0.717, 1.165) is 66.4 Å². The molecule has 9 rings (SSSR count). The molecule has 1 aromatic heterocycles. The van der Waals surface area contributed by atoms with E-state index in [2.05, 4.69) is 119 Å². The summed E-state index contributed by atoms with van der Waals surface area (Å²) in [5.74, 6) is 0.109. The summed E-state index contributed by atoms with van der Waals surface area (Å²) < 4.78 is 0. The van der Waals surface area contributed by atoms with Crippen molar-refractivity contribution in [1.29, 1.82) is 0 Å². The van der Waals surface area contributed by atoms with E-state index >= 15 is 4.79 Å². The van der Waals surface area contributed by atoms with Gasteiger partial charge in [0.25, 0.3) is 0 Å². The molecule has 0 spiro atoms. The molecule has 1 N–H and O–H groups in total. The lowest BCUT2D eigenvalue weighted by Crippen LogP contribution is -2.48. The van der Waals surface area contributed by atoms with Gasteiger partial charge in [-0.1, -0.05) is 91.0 Å². The van der Waals surface area contributed by atoms with E-state index in [9.17, 15) is 0 Å². The van der Waals surface area contributed by atoms with Gasteiger partial charge in [-0.25, -0.2) is 0 Å². The third kappa shape index (κ3) is 2.50. The molecular formula is C36H22N2O. The lowest BCUT2D eigenvalue weighted by Gasteiger charge is -2.44. The van der Waals surface area contributed by atoms with E-state index in [1.165, 1.54) is 5.39 Å². The first-order chi connectivity index (χ1) is 19.2. The van der Waals surface area contributed by atoms with Crippen molar-refractivity contribution < 1.29 is 4.79 Å². The largest absolute Gasteiger partial charge is 0.354 e. The van der Waals surface area contributed by atoms with E-state index in [0.29, 0.717) is 0 Å². The van der Waals surface area contributed by atoms with Crippen LogP contribution in [-0.2, 0) is 5.54 Å². The van der Waals surface area contributed by atoms with Crippen LogP contribution in [0.2, 0.25) is 0 Å². The molecule has 6 aromatic carbocycles. The average molecular weight is 499 g/mol. The van der Waals surface area contributed by atoms with Crippen molar-refractivity contribution >= 4 is 49.6 Å². The predicted molar refractivity (Wildman–Crippen MR) is 159 cm³/mol. The molecule has 0 amide bonds. The lowest BCUT2D eigenvalue weighted by atomic mass is 9.73. The number of hydrogen-bond acceptors (Lipinski definition) is 2. The number of carbonyl (C=O) groups excluding carboxylic acids is 1. The van der Waals surface area contributed by atoms with Gasteiger partial charge in [0.1, 0.15) is 0 Å². The van der Waals surface area contributed by atoms with E-state index in [1.807, 2.05) is 18.2 Å². The first-order valence-electron chi connectivity index (χ1n) is 13.3. The summed E-state index contributed by atoms with van der Waals surface area (Å²) in [7, 11) is 0. The molecule has 3 heterocycles. The summed E-state index contributed by atoms with van der Waals surface area (Å²) in [5.41, 5.74) is 6.86. The number of para-hydroxylation sites is 2. The molecule has 0 aliphatic carbocycles. The van der Waals surface area contributed by atoms with Crippen LogP contribution >= 0.6 is 0 Å². The summed E-state index contributed by atoms with van der Waals surface area (Å²) in [5, 5.41) is 5.69. The SMILES string of the molecule is O=C1c2ccccc2N2c3cc4ccccc4cc3-c3[nH]c4ccccc4c3C12c1ccc2ccccc2c1. The first kappa shape index (κ1) is 20.9. The number of nitrogens with zero attached hydrogens (tertiary/aromatic N) is 1. The van der Waals surface area contributed by atoms with Crippen molar-refractivity contribution in [2.45, 2.75) is 5.54 Å². The minimum atomic E-state index is -1.04. The third-order valence-corrected chi connectivity index (χ3v) is 8.66. The second-order valence-electron chi connectivity index (χ2n) is 10.6. The Hall–Kier alpha value is -5.15. The van der Waals surface area contributed by atoms with Gasteiger partial charge in [-0.2, -0.15) is 0 Å². The fourth-order valence-electron chi connectivity index (χ4n) is 7.03. The number of nitrogens with one attached hydrogen (secondary N) is 1. The van der Waals surface area contributed by atoms with Crippen molar-refractivity contribution in [2.24, 2.45) is 0 Å². The van der Waals surface area contributed by atoms with Crippen molar-refractivity contribution in [3.8, 4) is 11.3 Å². The highest BCUT2D eigenvalue weighted by molar-refractivity contribution is 6.23. The summed E-state index contributed by atoms with van der Waals surface area (Å²) >= 11 is 0. The zero-order chi connectivity index (χ0) is 25.7. The number of aromatic amines is 1. The Morgan fingerprint density at radius 3 is 2.08 bits per heavy atom. The highest BCUT2D eigenvalue weighted by Crippen LogP contribution is 2.61. The molecule has 0 saturated carbocycles. The van der Waals surface area contributed by atoms with Crippen LogP contribution in [0.15, 0.2) is 127 Å². The molecular weight excluding hydrogens is 476 g/mol. The van der Waals surface area contributed by atoms with Crippen LogP contribution in [0.1, 0.15) is 21.5 Å². The third-order valence-electron chi connectivity index (χ3n) is 8.66. The number of benzene rings is 6. The average Bonchev–Trinajstić information content (AvgIpc) is 3.51. The first-order valence-corrected chi connectivity index (χ1v) is 13.3. The monoisotopic (exact) mass is 498 g/mol. The molecule has 1 unspecified atom stereocenters. The maximum Gasteiger partial charge on any atom is 0.200 e. The number of rotatable bonds is 1. The van der Waals surface area contributed by atoms with Crippen LogP contribution in [0.4, 0.5) is 11.4 Å². The molecule has 2 aliphatic heterocycles. The van der Waals surface area contributed by atoms with E-state index < -0.39 is 5.54 Å². The molecule has 1 atom stereocenters. The van der Waals surface area contributed by atoms with Crippen molar-refractivity contribution in [1.82, 2.24) is 4.98 Å². The molecule has 3 nitrogen and oxygen atoms in total. The lowest BCUT2D eigenvalue weighted by molar-refractivity contribution is 0.0931. The van der Waals surface area contributed by atoms with Crippen LogP contribution in [0.3, 0.4) is 0 Å². The summed E-state index contributed by atoms with van der Waals surface area (Å²) in [4.78, 5) is 21.1. The molecule has 2 aliphatic rings. The Balaban J connectivity index is 1.51. The molecule has 182 valence electrons. The van der Waals surface area contributed by atoms with Gasteiger partial charge in [-0.3, -0.25) is 4.79 Å². The minimum Gasteiger partial charge on any atom is -0.354 e. The van der Waals surface area contributed by atoms with Gasteiger partial charge in [0.05, 0.1) is 17.1 Å². The van der Waals surface area contributed by atoms with Gasteiger partial charge in [0, 0.05) is 27.6 Å². The zero-order valence-electron chi connectivity index (χ0n) is 21.0. The minimum absolute atomic E-state index is 0.109. The number of hydrogen-bond donors (Lipinski definition) is 1. The van der Waals surface area contributed by atoms with Crippen LogP contribution < -0.4 is 4.90 Å². The second-order valence-corrected chi connectivity index (χ2v) is 10.6. The number of Topliss-reactive ketones (excluding diaryl/α,β-unsaturated/α-hetero) is 1. The predicted octanol–water partition coefficient (Wildman–Crippen LogP) is 8.73. The van der Waals surface area contributed by atoms with Gasteiger partial charge in [-0.15, -0.1) is 0 Å². The number of H-pyrrole nitrogens is 1. The highest BCUT2D eigenvalue weighted by Gasteiger charge is 2.59. The maximum absolute atomic E-state index is 15.0. The fraction of sp³-hybridized carbons (Fsp3) is 0.0278. The maximum atomic E-state index is 15.0. The number of fused-ring (bicyclic) bond motifs is 12. The Labute approximate surface area is 224 Å². The Morgan fingerprint density at radius 2 is 1.23 bits per heavy atom. The number of aromatic nitrogens is 1. The molecule has 0 bridgehead atoms. The van der Waals surface area contributed by atoms with Crippen LogP contribution in [0, 0.1) is 0 Å². The van der Waals surface area contributed by atoms with Gasteiger partial charge in [-0.05, 0) is 63.5 Å². The van der Waals surface area contributed by atoms with Gasteiger partial charge >= 0.3 is 0 Å². The van der Waals surface area contributed by atoms with Gasteiger partial charge in [0.2, 0.25) is 0 Å². The summed E-state index contributed by atoms with van der Waals surface area (Å²) in [6.07, 6.45) is 0. The van der Waals surface area contributed by atoms with Gasteiger partial charge < -0.3 is 9.88 Å². The zero-order valence-corrected chi connectivity index (χ0v) is 21.0. The van der Waals surface area contributed by atoms with Crippen LogP contribution in [0.5, 0.6) is 0 Å². The molecule has 0 saturated heterocycles. The van der Waals surface area contributed by atoms with E-state index in [-0.39, 0.29) is 5.78 Å². The highest BCUT2D eigenvalue weighted by atomic mass is 16.1. The Morgan fingerprint density at radius 1 is 0.564 bits per heavy atom. The number of anilines is 2. The van der Waals surface area contributed by atoms with Crippen LogP contribution in [-0.4, -0.2) is 10.8 Å². The standard InChI is InChI=1S/C36H22N2O/c39-35-28-14-6-8-16-31(28)38-32-21-25-12-4-3-11-24(25)20-29(32)34-33(27-13-5-7-15-30(27)37-34)36(35,38)26-18-17-22-9-1-2-10-23(22)19-26/h1-21,37H. The summed E-state index contributed by atoms with van der Waals surface area (Å²) in [6, 6.07) is 44.3. The van der Waals surface area contributed by atoms with Crippen LogP contribution in [0.25, 0.3) is 43.7 Å². The molecule has 39 heavy (non-hydrogen) atoms. The van der Waals surface area contributed by atoms with Crippen molar-refractivity contribution in [3.63, 3.8) is 0 Å². The molecule has 7 aromatic rings. The Bertz CT molecular complexity index is 2170. The number of carbonyl (C=O) groups is 1. The molecule has 0 radical (unpaired) electrons. The van der Waals surface area contributed by atoms with E-state index in [1.54, 1.807) is 0 Å². The fourth-order valence-corrected chi connectivity index (χ4v) is 7.03. The van der Waals surface area contributed by atoms with Crippen molar-refractivity contribution in [2.75, 3.05) is 4.90 Å². The van der Waals surface area contributed by atoms with Crippen molar-refractivity contribution in [3.05, 3.63) is 144 Å². The quantitative estimate of drug-likeness (QED) is 0.246. The molecule has 0 fully saturated rings. The second kappa shape index (κ2) is 7.24. The summed E-state index contributed by atoms with van der Waals surface area (Å²) in [6.45, 7) is 0. The topological polar surface area (TPSA) is 36.1 Å². The smallest absolute Gasteiger partial charge is 0.200 e. The Kier molecular flexibility index (Phi) is 3.87. The van der Waals surface area contributed by atoms with E-state index in [4.69, 9.17) is 0 Å². The number of ketones is 1. The molecule has 3 heteroatoms.